The number of hydrogen-bond acceptors (Lipinski definition) is 3. The number of alkyl halides is 3. The van der Waals surface area contributed by atoms with Crippen LogP contribution in [0.5, 0.6) is 5.75 Å². The number of halogens is 4. The van der Waals surface area contributed by atoms with Crippen LogP contribution >= 0.6 is 11.6 Å². The Bertz CT molecular complexity index is 671. The molecule has 0 bridgehead atoms. The van der Waals surface area contributed by atoms with Gasteiger partial charge in [0.15, 0.2) is 0 Å². The average Bonchev–Trinajstić information content (AvgIpc) is 2.37. The molecule has 2 aromatic rings. The number of nitrogens with zero attached hydrogens (tertiary/aromatic N) is 1. The van der Waals surface area contributed by atoms with Gasteiger partial charge in [-0.2, -0.15) is 0 Å². The number of rotatable bonds is 3. The molecule has 0 unspecified atom stereocenters. The SMILES string of the molecule is O=[N+]([O-])c1c(Cl)cccc1-c1ccc(OC(F)(F)F)cc1. The zero-order valence-corrected chi connectivity index (χ0v) is 11.0. The summed E-state index contributed by atoms with van der Waals surface area (Å²) >= 11 is 5.78. The van der Waals surface area contributed by atoms with Crippen LogP contribution in [0.25, 0.3) is 11.1 Å². The lowest BCUT2D eigenvalue weighted by Gasteiger charge is -2.09. The molecule has 0 aliphatic rings. The highest BCUT2D eigenvalue weighted by Crippen LogP contribution is 2.36. The lowest BCUT2D eigenvalue weighted by molar-refractivity contribution is -0.384. The van der Waals surface area contributed by atoms with Gasteiger partial charge in [0.25, 0.3) is 5.69 Å². The van der Waals surface area contributed by atoms with Gasteiger partial charge in [0.2, 0.25) is 0 Å². The van der Waals surface area contributed by atoms with E-state index < -0.39 is 17.0 Å². The number of nitro benzene ring substituents is 1. The lowest BCUT2D eigenvalue weighted by Crippen LogP contribution is -2.16. The third kappa shape index (κ3) is 3.63. The summed E-state index contributed by atoms with van der Waals surface area (Å²) in [4.78, 5) is 10.4. The molecule has 0 fully saturated rings. The first-order valence-corrected chi connectivity index (χ1v) is 5.95. The Morgan fingerprint density at radius 1 is 1.10 bits per heavy atom. The van der Waals surface area contributed by atoms with Gasteiger partial charge in [0.05, 0.1) is 10.5 Å². The van der Waals surface area contributed by atoms with E-state index in [2.05, 4.69) is 4.74 Å². The van der Waals surface area contributed by atoms with E-state index in [1.54, 1.807) is 0 Å². The normalized spacial score (nSPS) is 11.2. The second kappa shape index (κ2) is 5.61. The fraction of sp³-hybridized carbons (Fsp3) is 0.0769. The first-order chi connectivity index (χ1) is 9.78. The monoisotopic (exact) mass is 317 g/mol. The molecule has 0 atom stereocenters. The average molecular weight is 318 g/mol. The molecule has 0 aliphatic carbocycles. The van der Waals surface area contributed by atoms with E-state index in [1.807, 2.05) is 0 Å². The van der Waals surface area contributed by atoms with E-state index in [0.717, 1.165) is 12.1 Å². The Labute approximate surface area is 121 Å². The van der Waals surface area contributed by atoms with Crippen LogP contribution < -0.4 is 4.74 Å². The second-order valence-electron chi connectivity index (χ2n) is 3.97. The first kappa shape index (κ1) is 15.1. The summed E-state index contributed by atoms with van der Waals surface area (Å²) in [5.74, 6) is -0.407. The maximum Gasteiger partial charge on any atom is 0.573 e. The Morgan fingerprint density at radius 3 is 2.24 bits per heavy atom. The quantitative estimate of drug-likeness (QED) is 0.602. The fourth-order valence-corrected chi connectivity index (χ4v) is 2.01. The van der Waals surface area contributed by atoms with Crippen molar-refractivity contribution in [3.63, 3.8) is 0 Å². The van der Waals surface area contributed by atoms with Crippen molar-refractivity contribution >= 4 is 17.3 Å². The second-order valence-corrected chi connectivity index (χ2v) is 4.37. The molecule has 0 N–H and O–H groups in total. The van der Waals surface area contributed by atoms with Gasteiger partial charge < -0.3 is 4.74 Å². The third-order valence-electron chi connectivity index (χ3n) is 2.57. The summed E-state index contributed by atoms with van der Waals surface area (Å²) in [5.41, 5.74) is 0.272. The van der Waals surface area contributed by atoms with Crippen molar-refractivity contribution in [2.24, 2.45) is 0 Å². The van der Waals surface area contributed by atoms with E-state index >= 15 is 0 Å². The minimum absolute atomic E-state index is 0.0480. The van der Waals surface area contributed by atoms with E-state index in [4.69, 9.17) is 11.6 Å². The number of para-hydroxylation sites is 1. The minimum Gasteiger partial charge on any atom is -0.406 e. The van der Waals surface area contributed by atoms with Gasteiger partial charge in [-0.05, 0) is 29.8 Å². The van der Waals surface area contributed by atoms with Crippen molar-refractivity contribution in [2.45, 2.75) is 6.36 Å². The van der Waals surface area contributed by atoms with E-state index in [1.165, 1.54) is 30.3 Å². The molecular weight excluding hydrogens is 311 g/mol. The smallest absolute Gasteiger partial charge is 0.406 e. The third-order valence-corrected chi connectivity index (χ3v) is 2.87. The highest BCUT2D eigenvalue weighted by Gasteiger charge is 2.31. The van der Waals surface area contributed by atoms with Gasteiger partial charge in [-0.15, -0.1) is 13.2 Å². The summed E-state index contributed by atoms with van der Waals surface area (Å²) in [6.45, 7) is 0. The van der Waals surface area contributed by atoms with Crippen molar-refractivity contribution in [1.29, 1.82) is 0 Å². The van der Waals surface area contributed by atoms with Gasteiger partial charge in [0.1, 0.15) is 10.8 Å². The van der Waals surface area contributed by atoms with Crippen LogP contribution in [0, 0.1) is 10.1 Å². The molecule has 2 rings (SSSR count). The molecule has 21 heavy (non-hydrogen) atoms. The Hall–Kier alpha value is -2.28. The largest absolute Gasteiger partial charge is 0.573 e. The van der Waals surface area contributed by atoms with Gasteiger partial charge in [-0.3, -0.25) is 10.1 Å². The molecule has 0 saturated heterocycles. The van der Waals surface area contributed by atoms with Gasteiger partial charge in [0, 0.05) is 0 Å². The number of nitro groups is 1. The molecule has 0 heterocycles. The minimum atomic E-state index is -4.79. The van der Waals surface area contributed by atoms with Crippen molar-refractivity contribution in [2.75, 3.05) is 0 Å². The van der Waals surface area contributed by atoms with Crippen LogP contribution in [0.1, 0.15) is 0 Å². The van der Waals surface area contributed by atoms with Crippen LogP contribution in [0.15, 0.2) is 42.5 Å². The highest BCUT2D eigenvalue weighted by atomic mass is 35.5. The predicted octanol–water partition coefficient (Wildman–Crippen LogP) is 4.81. The Balaban J connectivity index is 2.40. The standard InChI is InChI=1S/C13H7ClF3NO3/c14-11-3-1-2-10(12(11)18(19)20)8-4-6-9(7-5-8)21-13(15,16)17/h1-7H. The van der Waals surface area contributed by atoms with Crippen molar-refractivity contribution in [3.05, 3.63) is 57.6 Å². The van der Waals surface area contributed by atoms with Crippen LogP contribution in [0.4, 0.5) is 18.9 Å². The summed E-state index contributed by atoms with van der Waals surface area (Å²) in [6, 6.07) is 9.08. The lowest BCUT2D eigenvalue weighted by atomic mass is 10.0. The van der Waals surface area contributed by atoms with Crippen LogP contribution in [-0.4, -0.2) is 11.3 Å². The summed E-state index contributed by atoms with van der Waals surface area (Å²) < 4.78 is 39.9. The maximum absolute atomic E-state index is 12.1. The Kier molecular flexibility index (Phi) is 4.04. The molecule has 110 valence electrons. The number of benzene rings is 2. The summed E-state index contributed by atoms with van der Waals surface area (Å²) in [5, 5.41) is 11.0. The summed E-state index contributed by atoms with van der Waals surface area (Å²) in [7, 11) is 0. The highest BCUT2D eigenvalue weighted by molar-refractivity contribution is 6.33. The predicted molar refractivity (Wildman–Crippen MR) is 70.2 cm³/mol. The molecule has 8 heteroatoms. The topological polar surface area (TPSA) is 52.4 Å². The molecule has 0 aliphatic heterocycles. The van der Waals surface area contributed by atoms with E-state index in [0.29, 0.717) is 5.56 Å². The molecule has 0 saturated carbocycles. The van der Waals surface area contributed by atoms with Gasteiger partial charge >= 0.3 is 6.36 Å². The van der Waals surface area contributed by atoms with Gasteiger partial charge in [-0.25, -0.2) is 0 Å². The zero-order valence-electron chi connectivity index (χ0n) is 10.2. The molecule has 0 amide bonds. The molecule has 0 spiro atoms. The maximum atomic E-state index is 12.1. The van der Waals surface area contributed by atoms with Crippen LogP contribution in [0.3, 0.4) is 0 Å². The van der Waals surface area contributed by atoms with E-state index in [9.17, 15) is 23.3 Å². The van der Waals surface area contributed by atoms with Crippen molar-refractivity contribution < 1.29 is 22.8 Å². The summed E-state index contributed by atoms with van der Waals surface area (Å²) in [6.07, 6.45) is -4.79. The van der Waals surface area contributed by atoms with Crippen molar-refractivity contribution in [3.8, 4) is 16.9 Å². The molecule has 0 radical (unpaired) electrons. The first-order valence-electron chi connectivity index (χ1n) is 5.57. The molecule has 2 aromatic carbocycles. The number of hydrogen-bond donors (Lipinski definition) is 0. The van der Waals surface area contributed by atoms with E-state index in [-0.39, 0.29) is 16.3 Å². The fourth-order valence-electron chi connectivity index (χ4n) is 1.77. The Morgan fingerprint density at radius 2 is 1.71 bits per heavy atom. The van der Waals surface area contributed by atoms with Gasteiger partial charge in [-0.1, -0.05) is 29.8 Å². The van der Waals surface area contributed by atoms with Crippen LogP contribution in [-0.2, 0) is 0 Å². The van der Waals surface area contributed by atoms with Crippen LogP contribution in [0.2, 0.25) is 5.02 Å². The molecular formula is C13H7ClF3NO3. The zero-order chi connectivity index (χ0) is 15.6. The number of ether oxygens (including phenoxy) is 1. The molecule has 0 aromatic heterocycles. The van der Waals surface area contributed by atoms with Crippen molar-refractivity contribution in [1.82, 2.24) is 0 Å². The molecule has 4 nitrogen and oxygen atoms in total.